The van der Waals surface area contributed by atoms with Gasteiger partial charge in [0.05, 0.1) is 22.4 Å². The Kier molecular flexibility index (Phi) is 6.27. The third kappa shape index (κ3) is 4.43. The Bertz CT molecular complexity index is 2220. The molecule has 0 saturated heterocycles. The van der Waals surface area contributed by atoms with Crippen molar-refractivity contribution in [3.8, 4) is 51.1 Å². The minimum absolute atomic E-state index is 0.594. The van der Waals surface area contributed by atoms with Crippen molar-refractivity contribution >= 4 is 21.8 Å². The second-order valence-corrected chi connectivity index (χ2v) is 10.8. The van der Waals surface area contributed by atoms with Crippen LogP contribution in [0, 0.1) is 6.92 Å². The number of fused-ring (bicyclic) bond motifs is 3. The number of hydrogen-bond acceptors (Lipinski definition) is 4. The summed E-state index contributed by atoms with van der Waals surface area (Å²) in [6.45, 7) is 2.14. The molecule has 0 spiro atoms. The Morgan fingerprint density at radius 2 is 1.14 bits per heavy atom. The summed E-state index contributed by atoms with van der Waals surface area (Å²) < 4.78 is 2.34. The monoisotopic (exact) mass is 565 g/mol. The first-order chi connectivity index (χ1) is 21.7. The average Bonchev–Trinajstić information content (AvgIpc) is 3.42. The van der Waals surface area contributed by atoms with E-state index in [4.69, 9.17) is 19.9 Å². The van der Waals surface area contributed by atoms with Gasteiger partial charge in [-0.3, -0.25) is 4.98 Å². The van der Waals surface area contributed by atoms with Gasteiger partial charge in [0.15, 0.2) is 17.5 Å². The second-order valence-electron chi connectivity index (χ2n) is 10.8. The quantitative estimate of drug-likeness (QED) is 0.209. The van der Waals surface area contributed by atoms with Crippen molar-refractivity contribution in [3.05, 3.63) is 151 Å². The van der Waals surface area contributed by atoms with Crippen LogP contribution in [0.15, 0.2) is 146 Å². The van der Waals surface area contributed by atoms with Crippen LogP contribution in [0.4, 0.5) is 0 Å². The lowest BCUT2D eigenvalue weighted by atomic mass is 10.00. The van der Waals surface area contributed by atoms with Gasteiger partial charge < -0.3 is 4.57 Å². The molecule has 0 N–H and O–H groups in total. The van der Waals surface area contributed by atoms with Crippen molar-refractivity contribution in [1.29, 1.82) is 0 Å². The lowest BCUT2D eigenvalue weighted by Gasteiger charge is -2.17. The largest absolute Gasteiger partial charge is 0.309 e. The highest BCUT2D eigenvalue weighted by Gasteiger charge is 2.22. The van der Waals surface area contributed by atoms with Crippen LogP contribution < -0.4 is 0 Å². The molecule has 5 heteroatoms. The van der Waals surface area contributed by atoms with E-state index in [1.54, 1.807) is 0 Å². The number of nitrogens with zero attached hydrogens (tertiary/aromatic N) is 5. The molecule has 5 aromatic carbocycles. The van der Waals surface area contributed by atoms with Crippen LogP contribution in [-0.2, 0) is 0 Å². The fraction of sp³-hybridized carbons (Fsp3) is 0.0256. The number of para-hydroxylation sites is 1. The number of pyridine rings is 1. The molecule has 0 atom stereocenters. The molecule has 0 aliphatic rings. The van der Waals surface area contributed by atoms with Crippen molar-refractivity contribution < 1.29 is 0 Å². The van der Waals surface area contributed by atoms with E-state index in [0.29, 0.717) is 17.5 Å². The van der Waals surface area contributed by atoms with Gasteiger partial charge in [-0.15, -0.1) is 0 Å². The Labute approximate surface area is 255 Å². The Morgan fingerprint density at radius 1 is 0.500 bits per heavy atom. The summed E-state index contributed by atoms with van der Waals surface area (Å²) in [4.78, 5) is 19.9. The molecular weight excluding hydrogens is 538 g/mol. The highest BCUT2D eigenvalue weighted by atomic mass is 15.0. The van der Waals surface area contributed by atoms with Crippen molar-refractivity contribution in [2.24, 2.45) is 0 Å². The number of benzene rings is 5. The minimum Gasteiger partial charge on any atom is -0.309 e. The van der Waals surface area contributed by atoms with Crippen LogP contribution in [0.2, 0.25) is 0 Å². The van der Waals surface area contributed by atoms with Crippen LogP contribution in [0.1, 0.15) is 5.56 Å². The zero-order valence-corrected chi connectivity index (χ0v) is 24.1. The van der Waals surface area contributed by atoms with Gasteiger partial charge in [-0.05, 0) is 43.3 Å². The molecule has 0 radical (unpaired) electrons. The van der Waals surface area contributed by atoms with Crippen LogP contribution in [0.3, 0.4) is 0 Å². The van der Waals surface area contributed by atoms with Crippen LogP contribution in [-0.4, -0.2) is 24.5 Å². The summed E-state index contributed by atoms with van der Waals surface area (Å²) >= 11 is 0. The maximum absolute atomic E-state index is 5.08. The molecule has 0 unspecified atom stereocenters. The Balaban J connectivity index is 1.46. The van der Waals surface area contributed by atoms with Crippen molar-refractivity contribution in [3.63, 3.8) is 0 Å². The molecule has 5 nitrogen and oxygen atoms in total. The summed E-state index contributed by atoms with van der Waals surface area (Å²) in [7, 11) is 0. The van der Waals surface area contributed by atoms with Gasteiger partial charge in [0.2, 0.25) is 0 Å². The second kappa shape index (κ2) is 10.7. The Hall–Kier alpha value is -5.94. The van der Waals surface area contributed by atoms with E-state index in [1.165, 1.54) is 16.3 Å². The minimum atomic E-state index is 0.594. The number of hydrogen-bond donors (Lipinski definition) is 0. The zero-order chi connectivity index (χ0) is 29.5. The first-order valence-electron chi connectivity index (χ1n) is 14.7. The van der Waals surface area contributed by atoms with Gasteiger partial charge in [0.25, 0.3) is 0 Å². The van der Waals surface area contributed by atoms with Crippen LogP contribution in [0.25, 0.3) is 72.9 Å². The average molecular weight is 566 g/mol. The molecule has 0 bridgehead atoms. The molecule has 0 saturated carbocycles. The van der Waals surface area contributed by atoms with Crippen molar-refractivity contribution in [2.75, 3.05) is 0 Å². The standard InChI is InChI=1S/C39H27N5/c1-26-22-23-34-31(25-26)29-17-8-9-20-33(29)44(34)35-21-12-18-30(36(35)32-19-10-11-24-40-32)39-42-37(27-13-4-2-5-14-27)41-38(43-39)28-15-6-3-7-16-28/h2-25H,1H3. The van der Waals surface area contributed by atoms with E-state index in [2.05, 4.69) is 78.2 Å². The van der Waals surface area contributed by atoms with E-state index in [-0.39, 0.29) is 0 Å². The molecule has 0 aliphatic heterocycles. The highest BCUT2D eigenvalue weighted by molar-refractivity contribution is 6.10. The first-order valence-corrected chi connectivity index (χ1v) is 14.7. The van der Waals surface area contributed by atoms with Gasteiger partial charge in [0.1, 0.15) is 0 Å². The molecule has 3 heterocycles. The smallest absolute Gasteiger partial charge is 0.164 e. The molecular formula is C39H27N5. The van der Waals surface area contributed by atoms with Gasteiger partial charge in [0, 0.05) is 39.2 Å². The Morgan fingerprint density at radius 3 is 1.84 bits per heavy atom. The maximum Gasteiger partial charge on any atom is 0.164 e. The van der Waals surface area contributed by atoms with E-state index in [1.807, 2.05) is 79.0 Å². The molecule has 3 aromatic heterocycles. The lowest BCUT2D eigenvalue weighted by molar-refractivity contribution is 1.07. The van der Waals surface area contributed by atoms with Gasteiger partial charge in [-0.1, -0.05) is 109 Å². The van der Waals surface area contributed by atoms with Crippen LogP contribution in [0.5, 0.6) is 0 Å². The topological polar surface area (TPSA) is 56.5 Å². The zero-order valence-electron chi connectivity index (χ0n) is 24.1. The lowest BCUT2D eigenvalue weighted by Crippen LogP contribution is -2.04. The van der Waals surface area contributed by atoms with Crippen molar-refractivity contribution in [1.82, 2.24) is 24.5 Å². The summed E-state index contributed by atoms with van der Waals surface area (Å²) in [6, 6.07) is 47.7. The molecule has 0 aliphatic carbocycles. The third-order valence-electron chi connectivity index (χ3n) is 7.97. The summed E-state index contributed by atoms with van der Waals surface area (Å²) in [5.41, 5.74) is 9.06. The van der Waals surface area contributed by atoms with E-state index >= 15 is 0 Å². The number of rotatable bonds is 5. The van der Waals surface area contributed by atoms with E-state index in [0.717, 1.165) is 44.7 Å². The molecule has 8 rings (SSSR count). The molecule has 0 fully saturated rings. The molecule has 0 amide bonds. The van der Waals surface area contributed by atoms with Gasteiger partial charge in [-0.25, -0.2) is 15.0 Å². The predicted octanol–water partition coefficient (Wildman–Crippen LogP) is 9.34. The summed E-state index contributed by atoms with van der Waals surface area (Å²) in [6.07, 6.45) is 1.84. The van der Waals surface area contributed by atoms with E-state index in [9.17, 15) is 0 Å². The fourth-order valence-corrected chi connectivity index (χ4v) is 5.97. The third-order valence-corrected chi connectivity index (χ3v) is 7.97. The molecule has 208 valence electrons. The normalized spacial score (nSPS) is 11.3. The SMILES string of the molecule is Cc1ccc2c(c1)c1ccccc1n2-c1cccc(-c2nc(-c3ccccc3)nc(-c3ccccc3)n2)c1-c1ccccn1. The number of aryl methyl sites for hydroxylation is 1. The van der Waals surface area contributed by atoms with Gasteiger partial charge in [-0.2, -0.15) is 0 Å². The fourth-order valence-electron chi connectivity index (χ4n) is 5.97. The predicted molar refractivity (Wildman–Crippen MR) is 178 cm³/mol. The van der Waals surface area contributed by atoms with E-state index < -0.39 is 0 Å². The van der Waals surface area contributed by atoms with Crippen LogP contribution >= 0.6 is 0 Å². The summed E-state index contributed by atoms with van der Waals surface area (Å²) in [5, 5.41) is 2.43. The molecule has 44 heavy (non-hydrogen) atoms. The van der Waals surface area contributed by atoms with Gasteiger partial charge >= 0.3 is 0 Å². The summed E-state index contributed by atoms with van der Waals surface area (Å²) in [5.74, 6) is 1.84. The highest BCUT2D eigenvalue weighted by Crippen LogP contribution is 2.40. The molecule has 8 aromatic rings. The number of aromatic nitrogens is 5. The maximum atomic E-state index is 5.08. The van der Waals surface area contributed by atoms with Crippen molar-refractivity contribution in [2.45, 2.75) is 6.92 Å². The first kappa shape index (κ1) is 25.7.